The van der Waals surface area contributed by atoms with Crippen LogP contribution in [0.4, 0.5) is 11.4 Å². The molecule has 0 saturated carbocycles. The topological polar surface area (TPSA) is 94.2 Å². The molecule has 0 aromatic heterocycles. The summed E-state index contributed by atoms with van der Waals surface area (Å²) in [7, 11) is 2.92. The summed E-state index contributed by atoms with van der Waals surface area (Å²) in [5, 5.41) is 2.61. The lowest BCUT2D eigenvalue weighted by Crippen LogP contribution is -2.32. The zero-order chi connectivity index (χ0) is 25.8. The summed E-state index contributed by atoms with van der Waals surface area (Å²) in [6.07, 6.45) is 0.827. The summed E-state index contributed by atoms with van der Waals surface area (Å²) >= 11 is 6.23. The molecule has 3 aromatic carbocycles. The summed E-state index contributed by atoms with van der Waals surface area (Å²) in [6.45, 7) is 2.02. The number of ether oxygens (including phenoxy) is 3. The normalized spacial score (nSPS) is 13.2. The Morgan fingerprint density at radius 1 is 0.917 bits per heavy atom. The standard InChI is InChI=1S/C27H23ClN2O6/c1-4-16-6-5-7-20(14-16)36-27(33)17-8-10-18(11-9-17)29-24-23(28)25(31)30(26(24)32)21-13-12-19(34-2)15-22(21)35-3/h5-15,29H,4H2,1-3H3. The van der Waals surface area contributed by atoms with Crippen LogP contribution in [-0.2, 0) is 16.0 Å². The molecule has 0 unspecified atom stereocenters. The fourth-order valence-corrected chi connectivity index (χ4v) is 3.84. The molecule has 1 heterocycles. The Morgan fingerprint density at radius 2 is 1.67 bits per heavy atom. The minimum Gasteiger partial charge on any atom is -0.497 e. The first-order valence-corrected chi connectivity index (χ1v) is 11.4. The van der Waals surface area contributed by atoms with Crippen LogP contribution >= 0.6 is 11.6 Å². The fraction of sp³-hybridized carbons (Fsp3) is 0.148. The van der Waals surface area contributed by atoms with E-state index in [1.54, 1.807) is 42.5 Å². The molecular weight excluding hydrogens is 484 g/mol. The molecule has 0 atom stereocenters. The van der Waals surface area contributed by atoms with Crippen LogP contribution in [0.3, 0.4) is 0 Å². The maximum Gasteiger partial charge on any atom is 0.343 e. The molecule has 2 amide bonds. The summed E-state index contributed by atoms with van der Waals surface area (Å²) in [6, 6.07) is 18.3. The smallest absolute Gasteiger partial charge is 0.343 e. The van der Waals surface area contributed by atoms with Gasteiger partial charge in [0.1, 0.15) is 28.0 Å². The Kier molecular flexibility index (Phi) is 7.26. The Morgan fingerprint density at radius 3 is 2.33 bits per heavy atom. The van der Waals surface area contributed by atoms with Gasteiger partial charge in [0.2, 0.25) is 0 Å². The van der Waals surface area contributed by atoms with E-state index in [-0.39, 0.29) is 22.2 Å². The van der Waals surface area contributed by atoms with E-state index in [0.29, 0.717) is 22.7 Å². The molecular formula is C27H23ClN2O6. The second kappa shape index (κ2) is 10.5. The van der Waals surface area contributed by atoms with Crippen molar-refractivity contribution >= 4 is 40.8 Å². The number of benzene rings is 3. The van der Waals surface area contributed by atoms with Gasteiger partial charge in [-0.2, -0.15) is 0 Å². The average molecular weight is 507 g/mol. The molecule has 184 valence electrons. The van der Waals surface area contributed by atoms with E-state index in [2.05, 4.69) is 5.32 Å². The first-order valence-electron chi connectivity index (χ1n) is 11.0. The number of esters is 1. The summed E-state index contributed by atoms with van der Waals surface area (Å²) in [4.78, 5) is 39.4. The van der Waals surface area contributed by atoms with Crippen molar-refractivity contribution in [3.8, 4) is 17.2 Å². The van der Waals surface area contributed by atoms with Gasteiger partial charge < -0.3 is 19.5 Å². The first kappa shape index (κ1) is 24.8. The number of halogens is 1. The van der Waals surface area contributed by atoms with Crippen molar-refractivity contribution in [2.75, 3.05) is 24.4 Å². The summed E-state index contributed by atoms with van der Waals surface area (Å²) in [5.74, 6) is -0.618. The third-order valence-corrected chi connectivity index (χ3v) is 5.91. The van der Waals surface area contributed by atoms with Crippen LogP contribution in [0, 0.1) is 0 Å². The van der Waals surface area contributed by atoms with Gasteiger partial charge in [-0.05, 0) is 60.5 Å². The molecule has 0 aliphatic carbocycles. The average Bonchev–Trinajstić information content (AvgIpc) is 3.11. The number of anilines is 2. The van der Waals surface area contributed by atoms with E-state index in [9.17, 15) is 14.4 Å². The molecule has 0 bridgehead atoms. The van der Waals surface area contributed by atoms with Crippen molar-refractivity contribution < 1.29 is 28.6 Å². The molecule has 1 aliphatic heterocycles. The molecule has 3 aromatic rings. The monoisotopic (exact) mass is 506 g/mol. The SMILES string of the molecule is CCc1cccc(OC(=O)c2ccc(NC3=C(Cl)C(=O)N(c4ccc(OC)cc4OC)C3=O)cc2)c1. The number of hydrogen-bond donors (Lipinski definition) is 1. The maximum absolute atomic E-state index is 13.1. The van der Waals surface area contributed by atoms with Crippen molar-refractivity contribution in [2.45, 2.75) is 13.3 Å². The van der Waals surface area contributed by atoms with Crippen LogP contribution in [-0.4, -0.2) is 32.0 Å². The zero-order valence-electron chi connectivity index (χ0n) is 19.8. The Labute approximate surface area is 213 Å². The lowest BCUT2D eigenvalue weighted by molar-refractivity contribution is -0.120. The molecule has 0 fully saturated rings. The van der Waals surface area contributed by atoms with Gasteiger partial charge in [-0.15, -0.1) is 0 Å². The molecule has 1 N–H and O–H groups in total. The number of imide groups is 1. The van der Waals surface area contributed by atoms with Gasteiger partial charge in [0.05, 0.1) is 25.5 Å². The van der Waals surface area contributed by atoms with Gasteiger partial charge in [0, 0.05) is 11.8 Å². The van der Waals surface area contributed by atoms with Gasteiger partial charge in [-0.3, -0.25) is 9.59 Å². The van der Waals surface area contributed by atoms with E-state index in [0.717, 1.165) is 16.9 Å². The third kappa shape index (κ3) is 4.89. The van der Waals surface area contributed by atoms with E-state index in [4.69, 9.17) is 25.8 Å². The van der Waals surface area contributed by atoms with Crippen LogP contribution in [0.2, 0.25) is 0 Å². The molecule has 36 heavy (non-hydrogen) atoms. The largest absolute Gasteiger partial charge is 0.497 e. The second-order valence-corrected chi connectivity index (χ2v) is 8.14. The van der Waals surface area contributed by atoms with Crippen LogP contribution in [0.1, 0.15) is 22.8 Å². The van der Waals surface area contributed by atoms with Gasteiger partial charge in [0.25, 0.3) is 11.8 Å². The number of carbonyl (C=O) groups is 3. The number of amides is 2. The van der Waals surface area contributed by atoms with Gasteiger partial charge in [0.15, 0.2) is 0 Å². The molecule has 0 radical (unpaired) electrons. The quantitative estimate of drug-likeness (QED) is 0.263. The highest BCUT2D eigenvalue weighted by Crippen LogP contribution is 2.37. The molecule has 9 heteroatoms. The van der Waals surface area contributed by atoms with Gasteiger partial charge >= 0.3 is 5.97 Å². The number of methoxy groups -OCH3 is 2. The van der Waals surface area contributed by atoms with E-state index in [1.807, 2.05) is 25.1 Å². The first-order chi connectivity index (χ1) is 17.4. The van der Waals surface area contributed by atoms with Crippen LogP contribution in [0.5, 0.6) is 17.2 Å². The van der Waals surface area contributed by atoms with E-state index >= 15 is 0 Å². The van der Waals surface area contributed by atoms with E-state index in [1.165, 1.54) is 20.3 Å². The lowest BCUT2D eigenvalue weighted by Gasteiger charge is -2.18. The van der Waals surface area contributed by atoms with E-state index < -0.39 is 17.8 Å². The summed E-state index contributed by atoms with van der Waals surface area (Å²) in [5.41, 5.74) is 1.97. The van der Waals surface area contributed by atoms with Crippen molar-refractivity contribution in [3.05, 3.63) is 88.6 Å². The van der Waals surface area contributed by atoms with Crippen molar-refractivity contribution in [2.24, 2.45) is 0 Å². The van der Waals surface area contributed by atoms with Crippen LogP contribution in [0.15, 0.2) is 77.5 Å². The number of rotatable bonds is 8. The molecule has 4 rings (SSSR count). The van der Waals surface area contributed by atoms with Crippen molar-refractivity contribution in [1.82, 2.24) is 0 Å². The highest BCUT2D eigenvalue weighted by atomic mass is 35.5. The van der Waals surface area contributed by atoms with Crippen LogP contribution in [0.25, 0.3) is 0 Å². The van der Waals surface area contributed by atoms with Gasteiger partial charge in [-0.1, -0.05) is 30.7 Å². The second-order valence-electron chi connectivity index (χ2n) is 7.77. The Hall–Kier alpha value is -4.30. The number of hydrogen-bond acceptors (Lipinski definition) is 7. The predicted octanol–water partition coefficient (Wildman–Crippen LogP) is 4.92. The molecule has 8 nitrogen and oxygen atoms in total. The maximum atomic E-state index is 13.1. The van der Waals surface area contributed by atoms with Crippen molar-refractivity contribution in [1.29, 1.82) is 0 Å². The number of nitrogens with zero attached hydrogens (tertiary/aromatic N) is 1. The third-order valence-electron chi connectivity index (χ3n) is 5.56. The molecule has 0 spiro atoms. The van der Waals surface area contributed by atoms with Gasteiger partial charge in [-0.25, -0.2) is 9.69 Å². The highest BCUT2D eigenvalue weighted by Gasteiger charge is 2.40. The zero-order valence-corrected chi connectivity index (χ0v) is 20.6. The van der Waals surface area contributed by atoms with Crippen molar-refractivity contribution in [3.63, 3.8) is 0 Å². The molecule has 1 aliphatic rings. The fourth-order valence-electron chi connectivity index (χ4n) is 3.63. The number of carbonyl (C=O) groups excluding carboxylic acids is 3. The predicted molar refractivity (Wildman–Crippen MR) is 136 cm³/mol. The van der Waals surface area contributed by atoms with Crippen LogP contribution < -0.4 is 24.4 Å². The number of nitrogens with one attached hydrogen (secondary N) is 1. The number of aryl methyl sites for hydroxylation is 1. The minimum atomic E-state index is -0.692. The molecule has 0 saturated heterocycles. The highest BCUT2D eigenvalue weighted by molar-refractivity contribution is 6.53. The lowest BCUT2D eigenvalue weighted by atomic mass is 10.1. The minimum absolute atomic E-state index is 0.0914. The Bertz CT molecular complexity index is 1370. The Balaban J connectivity index is 1.50. The summed E-state index contributed by atoms with van der Waals surface area (Å²) < 4.78 is 15.9.